The molecule has 0 aromatic carbocycles. The van der Waals surface area contributed by atoms with Crippen molar-refractivity contribution in [3.05, 3.63) is 0 Å². The Morgan fingerprint density at radius 3 is 2.14 bits per heavy atom. The van der Waals surface area contributed by atoms with Crippen molar-refractivity contribution in [2.75, 3.05) is 13.2 Å². The third kappa shape index (κ3) is 1.92. The van der Waals surface area contributed by atoms with Crippen LogP contribution in [0.15, 0.2) is 0 Å². The van der Waals surface area contributed by atoms with Crippen LogP contribution >= 0.6 is 0 Å². The Hall–Kier alpha value is -0.570. The van der Waals surface area contributed by atoms with Gasteiger partial charge in [0, 0.05) is 0 Å². The predicted octanol–water partition coefficient (Wildman–Crippen LogP) is 2.22. The van der Waals surface area contributed by atoms with Gasteiger partial charge in [-0.1, -0.05) is 34.6 Å². The number of nitrogens with zero attached hydrogens (tertiary/aromatic N) is 1. The lowest BCUT2D eigenvalue weighted by Crippen LogP contribution is -2.45. The fraction of sp³-hybridized carbons (Fsp3) is 0.909. The van der Waals surface area contributed by atoms with Crippen LogP contribution in [0.1, 0.15) is 41.0 Å². The van der Waals surface area contributed by atoms with E-state index in [1.54, 1.807) is 0 Å². The van der Waals surface area contributed by atoms with Crippen LogP contribution in [0.2, 0.25) is 0 Å². The van der Waals surface area contributed by atoms with Crippen molar-refractivity contribution in [3.8, 4) is 0 Å². The summed E-state index contributed by atoms with van der Waals surface area (Å²) in [6.45, 7) is 11.6. The standard InChI is InChI=1S/C11H21NO2/c1-10(2,3)11(4,5)9(13)12-7-6-8-14-12/h6-8H2,1-5H3. The maximum absolute atomic E-state index is 12.1. The van der Waals surface area contributed by atoms with Crippen LogP contribution in [-0.4, -0.2) is 24.1 Å². The zero-order chi connectivity index (χ0) is 11.0. The van der Waals surface area contributed by atoms with Crippen molar-refractivity contribution >= 4 is 5.91 Å². The Morgan fingerprint density at radius 2 is 1.79 bits per heavy atom. The molecule has 1 aliphatic rings. The molecule has 0 bridgehead atoms. The number of hydrogen-bond donors (Lipinski definition) is 0. The van der Waals surface area contributed by atoms with Crippen molar-refractivity contribution in [2.24, 2.45) is 10.8 Å². The molecule has 1 aliphatic heterocycles. The molecule has 0 atom stereocenters. The normalized spacial score (nSPS) is 18.8. The first-order chi connectivity index (χ1) is 6.27. The molecule has 0 unspecified atom stereocenters. The highest BCUT2D eigenvalue weighted by Gasteiger charge is 2.43. The zero-order valence-corrected chi connectivity index (χ0v) is 9.89. The minimum Gasteiger partial charge on any atom is -0.272 e. The van der Waals surface area contributed by atoms with E-state index in [2.05, 4.69) is 20.8 Å². The quantitative estimate of drug-likeness (QED) is 0.648. The lowest BCUT2D eigenvalue weighted by atomic mass is 9.68. The maximum Gasteiger partial charge on any atom is 0.252 e. The second-order valence-electron chi connectivity index (χ2n) is 5.47. The molecule has 0 radical (unpaired) electrons. The molecule has 1 fully saturated rings. The summed E-state index contributed by atoms with van der Waals surface area (Å²) in [6, 6.07) is 0. The van der Waals surface area contributed by atoms with E-state index in [1.807, 2.05) is 13.8 Å². The van der Waals surface area contributed by atoms with Gasteiger partial charge < -0.3 is 0 Å². The van der Waals surface area contributed by atoms with Gasteiger partial charge in [0.1, 0.15) is 0 Å². The number of hydrogen-bond acceptors (Lipinski definition) is 2. The molecule has 0 N–H and O–H groups in total. The zero-order valence-electron chi connectivity index (χ0n) is 9.89. The molecule has 3 nitrogen and oxygen atoms in total. The van der Waals surface area contributed by atoms with E-state index < -0.39 is 0 Å². The largest absolute Gasteiger partial charge is 0.272 e. The van der Waals surface area contributed by atoms with Gasteiger partial charge in [-0.25, -0.2) is 5.06 Å². The van der Waals surface area contributed by atoms with E-state index in [9.17, 15) is 4.79 Å². The second-order valence-corrected chi connectivity index (χ2v) is 5.47. The van der Waals surface area contributed by atoms with Crippen molar-refractivity contribution in [3.63, 3.8) is 0 Å². The van der Waals surface area contributed by atoms with Crippen molar-refractivity contribution < 1.29 is 9.63 Å². The molecule has 1 rings (SSSR count). The summed E-state index contributed by atoms with van der Waals surface area (Å²) in [7, 11) is 0. The highest BCUT2D eigenvalue weighted by molar-refractivity contribution is 5.82. The molecule has 0 spiro atoms. The Labute approximate surface area is 86.4 Å². The van der Waals surface area contributed by atoms with Crippen LogP contribution in [-0.2, 0) is 9.63 Å². The van der Waals surface area contributed by atoms with Gasteiger partial charge in [0.25, 0.3) is 5.91 Å². The fourth-order valence-electron chi connectivity index (χ4n) is 1.24. The maximum atomic E-state index is 12.1. The summed E-state index contributed by atoms with van der Waals surface area (Å²) in [4.78, 5) is 17.4. The number of amides is 1. The lowest BCUT2D eigenvalue weighted by Gasteiger charge is -2.39. The summed E-state index contributed by atoms with van der Waals surface area (Å²) >= 11 is 0. The Bertz CT molecular complexity index is 222. The predicted molar refractivity (Wildman–Crippen MR) is 55.5 cm³/mol. The van der Waals surface area contributed by atoms with Crippen molar-refractivity contribution in [1.82, 2.24) is 5.06 Å². The SMILES string of the molecule is CC(C)(C)C(C)(C)C(=O)N1CCCO1. The number of rotatable bonds is 1. The van der Waals surface area contributed by atoms with Gasteiger partial charge in [-0.2, -0.15) is 0 Å². The van der Waals surface area contributed by atoms with Crippen LogP contribution < -0.4 is 0 Å². The van der Waals surface area contributed by atoms with Crippen LogP contribution in [0.4, 0.5) is 0 Å². The van der Waals surface area contributed by atoms with E-state index in [4.69, 9.17) is 4.84 Å². The van der Waals surface area contributed by atoms with Crippen molar-refractivity contribution in [2.45, 2.75) is 41.0 Å². The average molecular weight is 199 g/mol. The van der Waals surface area contributed by atoms with Crippen LogP contribution in [0.5, 0.6) is 0 Å². The molecule has 14 heavy (non-hydrogen) atoms. The smallest absolute Gasteiger partial charge is 0.252 e. The van der Waals surface area contributed by atoms with Gasteiger partial charge >= 0.3 is 0 Å². The Balaban J connectivity index is 2.76. The summed E-state index contributed by atoms with van der Waals surface area (Å²) < 4.78 is 0. The summed E-state index contributed by atoms with van der Waals surface area (Å²) in [5.41, 5.74) is -0.423. The van der Waals surface area contributed by atoms with E-state index in [-0.39, 0.29) is 16.7 Å². The van der Waals surface area contributed by atoms with Crippen LogP contribution in [0.25, 0.3) is 0 Å². The number of hydroxylamine groups is 2. The van der Waals surface area contributed by atoms with Crippen molar-refractivity contribution in [1.29, 1.82) is 0 Å². The monoisotopic (exact) mass is 199 g/mol. The third-order valence-electron chi connectivity index (χ3n) is 3.39. The number of carbonyl (C=O) groups is 1. The fourth-order valence-corrected chi connectivity index (χ4v) is 1.24. The molecule has 0 saturated carbocycles. The molecular formula is C11H21NO2. The van der Waals surface area contributed by atoms with E-state index in [1.165, 1.54) is 5.06 Å². The minimum absolute atomic E-state index is 0.0456. The molecule has 0 aliphatic carbocycles. The highest BCUT2D eigenvalue weighted by Crippen LogP contribution is 2.39. The van der Waals surface area contributed by atoms with E-state index in [0.29, 0.717) is 6.61 Å². The van der Waals surface area contributed by atoms with Crippen LogP contribution in [0, 0.1) is 10.8 Å². The molecule has 0 aromatic rings. The van der Waals surface area contributed by atoms with Gasteiger partial charge in [0.05, 0.1) is 18.6 Å². The van der Waals surface area contributed by atoms with E-state index in [0.717, 1.165) is 13.0 Å². The average Bonchev–Trinajstić information content (AvgIpc) is 2.52. The van der Waals surface area contributed by atoms with E-state index >= 15 is 0 Å². The number of carbonyl (C=O) groups excluding carboxylic acids is 1. The van der Waals surface area contributed by atoms with Crippen LogP contribution in [0.3, 0.4) is 0 Å². The first-order valence-corrected chi connectivity index (χ1v) is 5.22. The topological polar surface area (TPSA) is 29.5 Å². The molecule has 1 heterocycles. The first kappa shape index (κ1) is 11.5. The lowest BCUT2D eigenvalue weighted by molar-refractivity contribution is -0.184. The highest BCUT2D eigenvalue weighted by atomic mass is 16.7. The summed E-state index contributed by atoms with van der Waals surface area (Å²) in [6.07, 6.45) is 0.950. The first-order valence-electron chi connectivity index (χ1n) is 5.22. The Morgan fingerprint density at radius 1 is 1.21 bits per heavy atom. The third-order valence-corrected chi connectivity index (χ3v) is 3.39. The molecule has 1 amide bonds. The summed E-state index contributed by atoms with van der Waals surface area (Å²) in [5.74, 6) is 0.0995. The summed E-state index contributed by atoms with van der Waals surface area (Å²) in [5, 5.41) is 1.52. The molecule has 1 saturated heterocycles. The molecule has 0 aromatic heterocycles. The van der Waals surface area contributed by atoms with Gasteiger partial charge in [0.15, 0.2) is 0 Å². The van der Waals surface area contributed by atoms with Gasteiger partial charge in [0.2, 0.25) is 0 Å². The molecule has 82 valence electrons. The second kappa shape index (κ2) is 3.54. The van der Waals surface area contributed by atoms with Gasteiger partial charge in [-0.3, -0.25) is 9.63 Å². The molecule has 3 heteroatoms. The van der Waals surface area contributed by atoms with Gasteiger partial charge in [-0.05, 0) is 11.8 Å². The van der Waals surface area contributed by atoms with Gasteiger partial charge in [-0.15, -0.1) is 0 Å². The Kier molecular flexibility index (Phi) is 2.91. The molecular weight excluding hydrogens is 178 g/mol. The minimum atomic E-state index is -0.378.